The van der Waals surface area contributed by atoms with Crippen molar-refractivity contribution >= 4 is 22.5 Å². The maximum Gasteiger partial charge on any atom is 0.148 e. The summed E-state index contributed by atoms with van der Waals surface area (Å²) >= 11 is 0. The number of nitrogens with zero attached hydrogens (tertiary/aromatic N) is 3. The Bertz CT molecular complexity index is 1070. The zero-order chi connectivity index (χ0) is 21.8. The van der Waals surface area contributed by atoms with Gasteiger partial charge < -0.3 is 19.4 Å². The van der Waals surface area contributed by atoms with Crippen LogP contribution in [0, 0.1) is 0 Å². The second kappa shape index (κ2) is 9.47. The van der Waals surface area contributed by atoms with Crippen LogP contribution >= 0.6 is 0 Å². The Labute approximate surface area is 182 Å². The second-order valence-corrected chi connectivity index (χ2v) is 8.17. The lowest BCUT2D eigenvalue weighted by atomic mass is 10.0. The summed E-state index contributed by atoms with van der Waals surface area (Å²) in [6, 6.07) is 6.07. The van der Waals surface area contributed by atoms with E-state index in [1.807, 2.05) is 25.4 Å². The lowest BCUT2D eigenvalue weighted by Gasteiger charge is -2.13. The molecule has 7 heteroatoms. The molecule has 4 rings (SSSR count). The first-order valence-electron chi connectivity index (χ1n) is 11.0. The van der Waals surface area contributed by atoms with E-state index in [4.69, 9.17) is 14.5 Å². The smallest absolute Gasteiger partial charge is 0.148 e. The number of nitrogens with one attached hydrogen (secondary N) is 1. The average molecular weight is 423 g/mol. The van der Waals surface area contributed by atoms with Crippen LogP contribution in [0.5, 0.6) is 5.75 Å². The van der Waals surface area contributed by atoms with Crippen LogP contribution < -0.4 is 10.1 Å². The third-order valence-electron chi connectivity index (χ3n) is 5.60. The topological polar surface area (TPSA) is 78.3 Å². The van der Waals surface area contributed by atoms with Crippen LogP contribution in [0.1, 0.15) is 44.7 Å². The van der Waals surface area contributed by atoms with Crippen LogP contribution in [0.25, 0.3) is 22.2 Å². The number of unbranched alkanes of at least 4 members (excludes halogenated alkanes) is 1. The van der Waals surface area contributed by atoms with Crippen LogP contribution in [0.4, 0.5) is 5.82 Å². The minimum absolute atomic E-state index is 0.0669. The highest BCUT2D eigenvalue weighted by atomic mass is 16.5. The molecule has 3 aromatic rings. The van der Waals surface area contributed by atoms with Gasteiger partial charge in [-0.15, -0.1) is 0 Å². The molecule has 1 saturated heterocycles. The van der Waals surface area contributed by atoms with Gasteiger partial charge in [0, 0.05) is 48.9 Å². The largest absolute Gasteiger partial charge is 0.493 e. The first-order valence-corrected chi connectivity index (χ1v) is 11.0. The molecule has 1 atom stereocenters. The number of carbonyl (C=O) groups is 1. The van der Waals surface area contributed by atoms with Crippen molar-refractivity contribution in [3.05, 3.63) is 36.3 Å². The molecule has 0 amide bonds. The number of aryl methyl sites for hydroxylation is 1. The van der Waals surface area contributed by atoms with E-state index in [2.05, 4.69) is 34.1 Å². The Balaban J connectivity index is 1.75. The minimum atomic E-state index is 0.0669. The maximum atomic E-state index is 11.4. The molecule has 0 bridgehead atoms. The number of aromatic nitrogens is 3. The van der Waals surface area contributed by atoms with Crippen LogP contribution in [-0.2, 0) is 16.6 Å². The molecule has 0 saturated carbocycles. The van der Waals surface area contributed by atoms with Crippen molar-refractivity contribution in [2.24, 2.45) is 7.05 Å². The zero-order valence-electron chi connectivity index (χ0n) is 18.5. The summed E-state index contributed by atoms with van der Waals surface area (Å²) < 4.78 is 13.7. The Kier molecular flexibility index (Phi) is 6.51. The lowest BCUT2D eigenvalue weighted by molar-refractivity contribution is -0.115. The molecule has 0 aromatic carbocycles. The van der Waals surface area contributed by atoms with Crippen molar-refractivity contribution in [2.75, 3.05) is 31.7 Å². The van der Waals surface area contributed by atoms with Gasteiger partial charge in [-0.05, 0) is 25.8 Å². The van der Waals surface area contributed by atoms with E-state index in [0.717, 1.165) is 59.5 Å². The summed E-state index contributed by atoms with van der Waals surface area (Å²) in [4.78, 5) is 20.8. The molecule has 31 heavy (non-hydrogen) atoms. The van der Waals surface area contributed by atoms with E-state index >= 15 is 0 Å². The normalized spacial score (nSPS) is 16.0. The first kappa shape index (κ1) is 21.3. The van der Waals surface area contributed by atoms with E-state index < -0.39 is 0 Å². The zero-order valence-corrected chi connectivity index (χ0v) is 18.5. The summed E-state index contributed by atoms with van der Waals surface area (Å²) in [6.07, 6.45) is 6.99. The van der Waals surface area contributed by atoms with Gasteiger partial charge in [0.1, 0.15) is 17.4 Å². The van der Waals surface area contributed by atoms with Crippen LogP contribution in [0.2, 0.25) is 0 Å². The predicted molar refractivity (Wildman–Crippen MR) is 122 cm³/mol. The number of pyridine rings is 2. The fraction of sp³-hybridized carbons (Fsp3) is 0.458. The molecule has 0 spiro atoms. The van der Waals surface area contributed by atoms with E-state index in [1.54, 1.807) is 6.92 Å². The Morgan fingerprint density at radius 2 is 2.23 bits per heavy atom. The number of carbonyl (C=O) groups excluding carboxylic acids is 1. The van der Waals surface area contributed by atoms with Gasteiger partial charge in [-0.2, -0.15) is 0 Å². The van der Waals surface area contributed by atoms with Gasteiger partial charge in [0.15, 0.2) is 0 Å². The van der Waals surface area contributed by atoms with E-state index in [9.17, 15) is 4.79 Å². The quantitative estimate of drug-likeness (QED) is 0.518. The molecule has 1 fully saturated rings. The van der Waals surface area contributed by atoms with E-state index in [1.165, 1.54) is 0 Å². The molecule has 0 radical (unpaired) electrons. The number of ketones is 1. The van der Waals surface area contributed by atoms with Crippen molar-refractivity contribution in [1.29, 1.82) is 0 Å². The fourth-order valence-electron chi connectivity index (χ4n) is 3.85. The summed E-state index contributed by atoms with van der Waals surface area (Å²) in [5.74, 6) is 1.88. The fourth-order valence-corrected chi connectivity index (χ4v) is 3.85. The number of Topliss-reactive ketones (excluding diaryl/α,β-unsaturated/α-hetero) is 1. The molecular formula is C24H30N4O3. The third-order valence-corrected chi connectivity index (χ3v) is 5.60. The molecule has 0 aliphatic carbocycles. The van der Waals surface area contributed by atoms with E-state index in [-0.39, 0.29) is 18.2 Å². The minimum Gasteiger partial charge on any atom is -0.493 e. The summed E-state index contributed by atoms with van der Waals surface area (Å²) in [5, 5.41) is 4.13. The van der Waals surface area contributed by atoms with Gasteiger partial charge in [0.2, 0.25) is 0 Å². The number of fused-ring (bicyclic) bond motifs is 1. The number of ether oxygens (including phenoxy) is 2. The molecule has 3 aromatic heterocycles. The van der Waals surface area contributed by atoms with Crippen molar-refractivity contribution < 1.29 is 14.3 Å². The monoisotopic (exact) mass is 422 g/mol. The SMILES string of the molecule is CCCCOc1cc(-c2cn(C)c3cnc(NCC(C)=O)cc23)nc(C2CCOC2)c1. The van der Waals surface area contributed by atoms with Crippen LogP contribution in [0.3, 0.4) is 0 Å². The van der Waals surface area contributed by atoms with Crippen molar-refractivity contribution in [3.63, 3.8) is 0 Å². The van der Waals surface area contributed by atoms with Crippen LogP contribution in [0.15, 0.2) is 30.6 Å². The number of hydrogen-bond acceptors (Lipinski definition) is 6. The summed E-state index contributed by atoms with van der Waals surface area (Å²) in [7, 11) is 2.00. The molecule has 164 valence electrons. The van der Waals surface area contributed by atoms with Gasteiger partial charge in [-0.3, -0.25) is 9.78 Å². The standard InChI is InChI=1S/C24H30N4O3/c1-4-5-7-31-18-9-21(17-6-8-30-15-17)27-22(10-18)20-14-28(3)23-13-26-24(11-19(20)23)25-12-16(2)29/h9-11,13-14,17H,4-8,12,15H2,1-3H3,(H,25,26). The number of rotatable bonds is 9. The molecule has 1 aliphatic rings. The second-order valence-electron chi connectivity index (χ2n) is 8.17. The molecule has 1 unspecified atom stereocenters. The molecular weight excluding hydrogens is 392 g/mol. The average Bonchev–Trinajstić information content (AvgIpc) is 3.41. The molecule has 1 N–H and O–H groups in total. The van der Waals surface area contributed by atoms with Crippen molar-refractivity contribution in [2.45, 2.75) is 39.0 Å². The summed E-state index contributed by atoms with van der Waals surface area (Å²) in [6.45, 7) is 6.13. The highest BCUT2D eigenvalue weighted by Gasteiger charge is 2.22. The Morgan fingerprint density at radius 1 is 1.35 bits per heavy atom. The van der Waals surface area contributed by atoms with Gasteiger partial charge in [0.05, 0.1) is 42.9 Å². The number of hydrogen-bond donors (Lipinski definition) is 1. The molecule has 7 nitrogen and oxygen atoms in total. The van der Waals surface area contributed by atoms with E-state index in [0.29, 0.717) is 19.0 Å². The maximum absolute atomic E-state index is 11.4. The molecule has 4 heterocycles. The molecule has 1 aliphatic heterocycles. The van der Waals surface area contributed by atoms with Crippen molar-refractivity contribution in [3.8, 4) is 17.0 Å². The van der Waals surface area contributed by atoms with Gasteiger partial charge in [-0.25, -0.2) is 4.98 Å². The van der Waals surface area contributed by atoms with Gasteiger partial charge >= 0.3 is 0 Å². The summed E-state index contributed by atoms with van der Waals surface area (Å²) in [5.41, 5.74) is 3.92. The Morgan fingerprint density at radius 3 is 2.97 bits per heavy atom. The Hall–Kier alpha value is -2.93. The predicted octanol–water partition coefficient (Wildman–Crippen LogP) is 4.32. The van der Waals surface area contributed by atoms with Crippen molar-refractivity contribution in [1.82, 2.24) is 14.5 Å². The van der Waals surface area contributed by atoms with Gasteiger partial charge in [0.25, 0.3) is 0 Å². The lowest BCUT2D eigenvalue weighted by Crippen LogP contribution is -2.10. The first-order chi connectivity index (χ1) is 15.0. The third kappa shape index (κ3) is 4.88. The highest BCUT2D eigenvalue weighted by molar-refractivity contribution is 5.96. The highest BCUT2D eigenvalue weighted by Crippen LogP contribution is 2.35. The van der Waals surface area contributed by atoms with Crippen LogP contribution in [-0.4, -0.2) is 46.7 Å². The number of anilines is 1. The van der Waals surface area contributed by atoms with Gasteiger partial charge in [-0.1, -0.05) is 13.3 Å².